The molecule has 0 N–H and O–H groups in total. The maximum atomic E-state index is 5.75. The second-order valence-electron chi connectivity index (χ2n) is 9.49. The first-order chi connectivity index (χ1) is 17.1. The second-order valence-corrected chi connectivity index (χ2v) is 9.49. The van der Waals surface area contributed by atoms with Gasteiger partial charge in [-0.1, -0.05) is 76.9 Å². The summed E-state index contributed by atoms with van der Waals surface area (Å²) in [5, 5.41) is 0. The van der Waals surface area contributed by atoms with Gasteiger partial charge in [0.25, 0.3) is 0 Å². The quantitative estimate of drug-likeness (QED) is 0.206. The lowest BCUT2D eigenvalue weighted by molar-refractivity contribution is 0.0478. The van der Waals surface area contributed by atoms with Gasteiger partial charge < -0.3 is 18.9 Å². The highest BCUT2D eigenvalue weighted by atomic mass is 16.5. The van der Waals surface area contributed by atoms with Crippen molar-refractivity contribution in [3.8, 4) is 0 Å². The summed E-state index contributed by atoms with van der Waals surface area (Å²) in [4.78, 5) is 0. The van der Waals surface area contributed by atoms with Crippen LogP contribution in [0.5, 0.6) is 0 Å². The topological polar surface area (TPSA) is 36.9 Å². The van der Waals surface area contributed by atoms with Crippen LogP contribution < -0.4 is 0 Å². The van der Waals surface area contributed by atoms with Gasteiger partial charge in [0.05, 0.1) is 39.6 Å². The van der Waals surface area contributed by atoms with Crippen molar-refractivity contribution in [2.75, 3.05) is 52.9 Å². The molecule has 2 radical (unpaired) electrons. The lowest BCUT2D eigenvalue weighted by Crippen LogP contribution is -2.19. The Morgan fingerprint density at radius 3 is 1.40 bits per heavy atom. The average Bonchev–Trinajstić information content (AvgIpc) is 2.87. The van der Waals surface area contributed by atoms with Crippen molar-refractivity contribution in [2.45, 2.75) is 71.6 Å². The molecule has 0 aliphatic rings. The summed E-state index contributed by atoms with van der Waals surface area (Å²) in [7, 11) is 0. The van der Waals surface area contributed by atoms with Gasteiger partial charge in [-0.05, 0) is 60.1 Å². The summed E-state index contributed by atoms with van der Waals surface area (Å²) in [6.07, 6.45) is 6.25. The average molecular weight is 483 g/mol. The summed E-state index contributed by atoms with van der Waals surface area (Å²) >= 11 is 0. The van der Waals surface area contributed by atoms with Crippen LogP contribution in [-0.2, 0) is 37.2 Å². The molecule has 2 aromatic carbocycles. The fourth-order valence-electron chi connectivity index (χ4n) is 3.77. The number of rotatable bonds is 20. The van der Waals surface area contributed by atoms with E-state index in [1.54, 1.807) is 0 Å². The van der Waals surface area contributed by atoms with Crippen LogP contribution in [0, 0.1) is 12.1 Å². The van der Waals surface area contributed by atoms with E-state index in [0.29, 0.717) is 39.6 Å². The van der Waals surface area contributed by atoms with E-state index < -0.39 is 0 Å². The molecule has 194 valence electrons. The minimum Gasteiger partial charge on any atom is -0.379 e. The van der Waals surface area contributed by atoms with Crippen molar-refractivity contribution < 1.29 is 18.9 Å². The van der Waals surface area contributed by atoms with Crippen LogP contribution in [0.1, 0.15) is 75.6 Å². The minimum absolute atomic E-state index is 0.115. The molecule has 0 heterocycles. The zero-order chi connectivity index (χ0) is 25.2. The van der Waals surface area contributed by atoms with E-state index in [4.69, 9.17) is 18.9 Å². The lowest BCUT2D eigenvalue weighted by atomic mass is 9.77. The van der Waals surface area contributed by atoms with Gasteiger partial charge in [0, 0.05) is 18.6 Å². The van der Waals surface area contributed by atoms with Gasteiger partial charge >= 0.3 is 0 Å². The third-order valence-corrected chi connectivity index (χ3v) is 6.23. The molecule has 0 amide bonds. The number of hydrogen-bond donors (Lipinski definition) is 0. The molecule has 0 saturated heterocycles. The van der Waals surface area contributed by atoms with Crippen molar-refractivity contribution in [3.05, 3.63) is 70.8 Å². The molecule has 4 heteroatoms. The van der Waals surface area contributed by atoms with Crippen LogP contribution >= 0.6 is 0 Å². The highest BCUT2D eigenvalue weighted by molar-refractivity contribution is 5.40. The van der Waals surface area contributed by atoms with Crippen molar-refractivity contribution in [1.29, 1.82) is 0 Å². The predicted octanol–water partition coefficient (Wildman–Crippen LogP) is 6.36. The zero-order valence-corrected chi connectivity index (χ0v) is 22.5. The highest BCUT2D eigenvalue weighted by Gasteiger charge is 2.23. The smallest absolute Gasteiger partial charge is 0.0700 e. The Kier molecular flexibility index (Phi) is 14.9. The molecule has 0 fully saturated rings. The molecule has 0 atom stereocenters. The largest absolute Gasteiger partial charge is 0.379 e. The van der Waals surface area contributed by atoms with E-state index in [0.717, 1.165) is 51.7 Å². The van der Waals surface area contributed by atoms with Crippen molar-refractivity contribution in [1.82, 2.24) is 0 Å². The molecule has 0 aliphatic carbocycles. The zero-order valence-electron chi connectivity index (χ0n) is 22.5. The Morgan fingerprint density at radius 1 is 0.600 bits per heavy atom. The van der Waals surface area contributed by atoms with Gasteiger partial charge in [-0.3, -0.25) is 0 Å². The Bertz CT molecular complexity index is 737. The molecule has 0 saturated carbocycles. The van der Waals surface area contributed by atoms with Gasteiger partial charge in [-0.15, -0.1) is 0 Å². The summed E-state index contributed by atoms with van der Waals surface area (Å²) < 4.78 is 22.6. The summed E-state index contributed by atoms with van der Waals surface area (Å²) in [5.74, 6) is 0. The van der Waals surface area contributed by atoms with Crippen LogP contribution in [0.15, 0.2) is 36.4 Å². The van der Waals surface area contributed by atoms with Crippen LogP contribution in [-0.4, -0.2) is 52.9 Å². The molecule has 0 bridgehead atoms. The van der Waals surface area contributed by atoms with E-state index >= 15 is 0 Å². The van der Waals surface area contributed by atoms with Crippen LogP contribution in [0.4, 0.5) is 0 Å². The van der Waals surface area contributed by atoms with E-state index in [2.05, 4.69) is 64.1 Å². The summed E-state index contributed by atoms with van der Waals surface area (Å²) in [6, 6.07) is 19.7. The van der Waals surface area contributed by atoms with E-state index in [9.17, 15) is 0 Å². The third kappa shape index (κ3) is 11.7. The van der Waals surface area contributed by atoms with E-state index in [-0.39, 0.29) is 5.41 Å². The first-order valence-corrected chi connectivity index (χ1v) is 13.4. The molecule has 0 unspecified atom stereocenters. The van der Waals surface area contributed by atoms with Crippen molar-refractivity contribution >= 4 is 0 Å². The first kappa shape index (κ1) is 29.5. The number of benzene rings is 2. The second kappa shape index (κ2) is 17.7. The Morgan fingerprint density at radius 2 is 1.00 bits per heavy atom. The number of hydrogen-bond acceptors (Lipinski definition) is 4. The maximum Gasteiger partial charge on any atom is 0.0700 e. The fraction of sp³-hybridized carbons (Fsp3) is 0.613. The molecule has 35 heavy (non-hydrogen) atoms. The van der Waals surface area contributed by atoms with E-state index in [1.807, 2.05) is 12.1 Å². The van der Waals surface area contributed by atoms with Crippen molar-refractivity contribution in [2.24, 2.45) is 0 Å². The van der Waals surface area contributed by atoms with Crippen molar-refractivity contribution in [3.63, 3.8) is 0 Å². The summed E-state index contributed by atoms with van der Waals surface area (Å²) in [6.45, 7) is 14.5. The van der Waals surface area contributed by atoms with Gasteiger partial charge in [0.2, 0.25) is 0 Å². The number of unbranched alkanes of at least 4 members (excludes halogenated alkanes) is 2. The highest BCUT2D eigenvalue weighted by Crippen LogP contribution is 2.32. The first-order valence-electron chi connectivity index (χ1n) is 13.4. The van der Waals surface area contributed by atoms with Crippen LogP contribution in [0.3, 0.4) is 0 Å². The molecule has 2 rings (SSSR count). The van der Waals surface area contributed by atoms with Gasteiger partial charge in [0.15, 0.2) is 0 Å². The molecule has 0 aromatic heterocycles. The van der Waals surface area contributed by atoms with Crippen LogP contribution in [0.2, 0.25) is 0 Å². The fourth-order valence-corrected chi connectivity index (χ4v) is 3.77. The summed E-state index contributed by atoms with van der Waals surface area (Å²) in [5.41, 5.74) is 4.81. The van der Waals surface area contributed by atoms with E-state index in [1.165, 1.54) is 22.3 Å². The molecule has 4 nitrogen and oxygen atoms in total. The monoisotopic (exact) mass is 482 g/mol. The third-order valence-electron chi connectivity index (χ3n) is 6.23. The molecular formula is C31H46O4. The molecule has 0 spiro atoms. The normalized spacial score (nSPS) is 11.8. The minimum atomic E-state index is -0.115. The van der Waals surface area contributed by atoms with Gasteiger partial charge in [0.1, 0.15) is 0 Å². The molecular weight excluding hydrogens is 436 g/mol. The molecule has 0 aliphatic heterocycles. The Hall–Kier alpha value is -1.72. The lowest BCUT2D eigenvalue weighted by Gasteiger charge is -2.27. The number of ether oxygens (including phenoxy) is 4. The standard InChI is InChI=1S/C31H46O4/c1-5-7-17-32-21-23-34-19-15-27-11-9-13-29(25-27)31(3,4)30-14-10-12-28(26-30)16-20-35-24-22-33-18-8-6-2/h9-10,13-14,25-26H,5-8,15-24H2,1-4H3. The molecule has 2 aromatic rings. The maximum absolute atomic E-state index is 5.75. The Balaban J connectivity index is 1.81. The predicted molar refractivity (Wildman–Crippen MR) is 143 cm³/mol. The Labute approximate surface area is 214 Å². The SMILES string of the molecule is CCCCOCCOCCc1[c]ccc(C(C)(C)c2cc[c]c(CCOCCOCCCC)c2)c1. The van der Waals surface area contributed by atoms with Gasteiger partial charge in [-0.2, -0.15) is 0 Å². The van der Waals surface area contributed by atoms with Gasteiger partial charge in [-0.25, -0.2) is 0 Å². The van der Waals surface area contributed by atoms with Crippen LogP contribution in [0.25, 0.3) is 0 Å².